The lowest BCUT2D eigenvalue weighted by Crippen LogP contribution is -2.19. The quantitative estimate of drug-likeness (QED) is 0.268. The van der Waals surface area contributed by atoms with Crippen molar-refractivity contribution in [2.75, 3.05) is 22.5 Å². The summed E-state index contributed by atoms with van der Waals surface area (Å²) in [5.41, 5.74) is 0.0559. The first-order chi connectivity index (χ1) is 15.3. The Morgan fingerprint density at radius 1 is 1.09 bits per heavy atom. The lowest BCUT2D eigenvalue weighted by atomic mass is 10.2. The summed E-state index contributed by atoms with van der Waals surface area (Å²) in [6.07, 6.45) is -0.693. The molecule has 0 unspecified atom stereocenters. The van der Waals surface area contributed by atoms with E-state index in [1.807, 2.05) is 6.07 Å². The summed E-state index contributed by atoms with van der Waals surface area (Å²) in [7, 11) is 0. The van der Waals surface area contributed by atoms with Crippen LogP contribution < -0.4 is 16.0 Å². The van der Waals surface area contributed by atoms with Gasteiger partial charge in [0.15, 0.2) is 5.13 Å². The normalized spacial score (nSPS) is 11.5. The Kier molecular flexibility index (Phi) is 6.58. The number of urea groups is 1. The molecule has 7 nitrogen and oxygen atoms in total. The Bertz CT molecular complexity index is 1260. The smallest absolute Gasteiger partial charge is 0.368 e. The van der Waals surface area contributed by atoms with E-state index < -0.39 is 17.8 Å². The van der Waals surface area contributed by atoms with E-state index in [0.717, 1.165) is 36.8 Å². The summed E-state index contributed by atoms with van der Waals surface area (Å²) in [6.45, 7) is 0.597. The molecule has 4 rings (SSSR count). The van der Waals surface area contributed by atoms with Crippen LogP contribution in [-0.2, 0) is 12.6 Å². The van der Waals surface area contributed by atoms with Gasteiger partial charge in [-0.15, -0.1) is 22.7 Å². The number of aromatic nitrogens is 3. The molecule has 1 aromatic carbocycles. The minimum Gasteiger partial charge on any atom is -0.368 e. The highest BCUT2D eigenvalue weighted by Crippen LogP contribution is 2.32. The van der Waals surface area contributed by atoms with Gasteiger partial charge in [-0.05, 0) is 40.2 Å². The van der Waals surface area contributed by atoms with Crippen molar-refractivity contribution in [2.45, 2.75) is 12.6 Å². The van der Waals surface area contributed by atoms with Crippen LogP contribution in [0.3, 0.4) is 0 Å². The van der Waals surface area contributed by atoms with Crippen LogP contribution >= 0.6 is 38.6 Å². The van der Waals surface area contributed by atoms with Gasteiger partial charge in [-0.1, -0.05) is 6.07 Å². The Hall–Kier alpha value is -2.77. The molecule has 0 atom stereocenters. The first-order valence-electron chi connectivity index (χ1n) is 9.12. The maximum absolute atomic E-state index is 12.8. The van der Waals surface area contributed by atoms with Gasteiger partial charge in [-0.2, -0.15) is 13.2 Å². The minimum absolute atomic E-state index is 0.0367. The van der Waals surface area contributed by atoms with E-state index in [1.165, 1.54) is 29.8 Å². The molecular weight excluding hydrogens is 529 g/mol. The summed E-state index contributed by atoms with van der Waals surface area (Å²) in [4.78, 5) is 25.7. The van der Waals surface area contributed by atoms with E-state index in [4.69, 9.17) is 0 Å². The number of nitrogens with zero attached hydrogens (tertiary/aromatic N) is 3. The fraction of sp³-hybridized carbons (Fsp3) is 0.158. The van der Waals surface area contributed by atoms with Crippen LogP contribution in [0.5, 0.6) is 0 Å². The van der Waals surface area contributed by atoms with Gasteiger partial charge in [0, 0.05) is 29.7 Å². The second-order valence-corrected chi connectivity index (χ2v) is 10.00. The van der Waals surface area contributed by atoms with Gasteiger partial charge < -0.3 is 10.6 Å². The van der Waals surface area contributed by atoms with E-state index in [2.05, 4.69) is 46.8 Å². The second kappa shape index (κ2) is 9.38. The number of alkyl halides is 3. The van der Waals surface area contributed by atoms with E-state index in [0.29, 0.717) is 18.1 Å². The number of thiazole rings is 1. The van der Waals surface area contributed by atoms with Crippen LogP contribution in [0.1, 0.15) is 10.4 Å². The highest BCUT2D eigenvalue weighted by Gasteiger charge is 2.30. The molecule has 0 saturated carbocycles. The van der Waals surface area contributed by atoms with Crippen molar-refractivity contribution in [3.05, 3.63) is 57.1 Å². The fourth-order valence-electron chi connectivity index (χ4n) is 2.77. The monoisotopic (exact) mass is 542 g/mol. The van der Waals surface area contributed by atoms with Crippen molar-refractivity contribution < 1.29 is 18.0 Å². The van der Waals surface area contributed by atoms with Crippen molar-refractivity contribution in [1.29, 1.82) is 0 Å². The number of anilines is 3. The largest absolute Gasteiger partial charge is 0.416 e. The summed E-state index contributed by atoms with van der Waals surface area (Å²) in [5.74, 6) is 0.744. The van der Waals surface area contributed by atoms with E-state index >= 15 is 0 Å². The van der Waals surface area contributed by atoms with Crippen molar-refractivity contribution in [1.82, 2.24) is 15.0 Å². The summed E-state index contributed by atoms with van der Waals surface area (Å²) >= 11 is 6.27. The van der Waals surface area contributed by atoms with Crippen LogP contribution in [-0.4, -0.2) is 27.5 Å². The summed E-state index contributed by atoms with van der Waals surface area (Å²) < 4.78 is 40.3. The SMILES string of the molecule is O=C(Nc1cccc(C(F)(F)F)c1)Nc1ncc(CCNc2ncnc3cc(Br)sc23)s1. The lowest BCUT2D eigenvalue weighted by Gasteiger charge is -2.09. The average molecular weight is 543 g/mol. The minimum atomic E-state index is -4.48. The van der Waals surface area contributed by atoms with Gasteiger partial charge in [-0.3, -0.25) is 5.32 Å². The third kappa shape index (κ3) is 5.53. The van der Waals surface area contributed by atoms with Crippen molar-refractivity contribution in [2.24, 2.45) is 0 Å². The number of hydrogen-bond donors (Lipinski definition) is 3. The molecule has 0 bridgehead atoms. The van der Waals surface area contributed by atoms with Gasteiger partial charge in [0.05, 0.1) is 19.6 Å². The van der Waals surface area contributed by atoms with Crippen LogP contribution in [0.4, 0.5) is 34.6 Å². The molecule has 3 aromatic heterocycles. The molecule has 3 N–H and O–H groups in total. The summed E-state index contributed by atoms with van der Waals surface area (Å²) in [5, 5.41) is 8.54. The van der Waals surface area contributed by atoms with Crippen molar-refractivity contribution >= 4 is 71.5 Å². The Morgan fingerprint density at radius 3 is 2.75 bits per heavy atom. The molecule has 0 aliphatic rings. The zero-order valence-electron chi connectivity index (χ0n) is 16.0. The lowest BCUT2D eigenvalue weighted by molar-refractivity contribution is -0.137. The predicted molar refractivity (Wildman–Crippen MR) is 124 cm³/mol. The molecule has 0 saturated heterocycles. The number of carbonyl (C=O) groups is 1. The number of amides is 2. The van der Waals surface area contributed by atoms with Crippen LogP contribution in [0.25, 0.3) is 10.2 Å². The Morgan fingerprint density at radius 2 is 1.94 bits per heavy atom. The number of thiophene rings is 1. The molecule has 3 heterocycles. The third-order valence-corrected chi connectivity index (χ3v) is 6.77. The van der Waals surface area contributed by atoms with Gasteiger partial charge in [-0.25, -0.2) is 19.7 Å². The van der Waals surface area contributed by atoms with Gasteiger partial charge in [0.2, 0.25) is 0 Å². The second-order valence-electron chi connectivity index (χ2n) is 6.45. The summed E-state index contributed by atoms with van der Waals surface area (Å²) in [6, 6.07) is 5.67. The van der Waals surface area contributed by atoms with Gasteiger partial charge >= 0.3 is 12.2 Å². The fourth-order valence-corrected chi connectivity index (χ4v) is 5.08. The number of benzene rings is 1. The first-order valence-corrected chi connectivity index (χ1v) is 11.5. The number of rotatable bonds is 6. The predicted octanol–water partition coefficient (Wildman–Crippen LogP) is 6.23. The zero-order valence-corrected chi connectivity index (χ0v) is 19.3. The third-order valence-electron chi connectivity index (χ3n) is 4.17. The van der Waals surface area contributed by atoms with Gasteiger partial charge in [0.25, 0.3) is 0 Å². The standard InChI is InChI=1S/C19H14BrF3N6OS2/c20-14-7-13-15(32-14)16(27-9-26-13)24-5-4-12-8-25-18(31-12)29-17(30)28-11-3-1-2-10(6-11)19(21,22)23/h1-3,6-9H,4-5H2,(H,24,26,27)(H2,25,28,29,30). The van der Waals surface area contributed by atoms with Crippen LogP contribution in [0.2, 0.25) is 0 Å². The molecule has 4 aromatic rings. The molecule has 0 radical (unpaired) electrons. The molecule has 0 spiro atoms. The van der Waals surface area contributed by atoms with E-state index in [9.17, 15) is 18.0 Å². The molecule has 0 aliphatic carbocycles. The van der Waals surface area contributed by atoms with Crippen LogP contribution in [0, 0.1) is 0 Å². The molecule has 32 heavy (non-hydrogen) atoms. The maximum atomic E-state index is 12.8. The number of carbonyl (C=O) groups excluding carboxylic acids is 1. The van der Waals surface area contributed by atoms with E-state index in [-0.39, 0.29) is 5.69 Å². The van der Waals surface area contributed by atoms with E-state index in [1.54, 1.807) is 17.5 Å². The molecule has 166 valence electrons. The number of fused-ring (bicyclic) bond motifs is 1. The first kappa shape index (κ1) is 22.4. The number of nitrogens with one attached hydrogen (secondary N) is 3. The van der Waals surface area contributed by atoms with Crippen molar-refractivity contribution in [3.8, 4) is 0 Å². The molecular formula is C19H14BrF3N6OS2. The Labute approximate surface area is 196 Å². The van der Waals surface area contributed by atoms with Crippen molar-refractivity contribution in [3.63, 3.8) is 0 Å². The highest BCUT2D eigenvalue weighted by molar-refractivity contribution is 9.11. The van der Waals surface area contributed by atoms with Gasteiger partial charge in [0.1, 0.15) is 12.1 Å². The van der Waals surface area contributed by atoms with Crippen LogP contribution in [0.15, 0.2) is 46.6 Å². The number of halogens is 4. The molecule has 0 aliphatic heterocycles. The maximum Gasteiger partial charge on any atom is 0.416 e. The molecule has 13 heteroatoms. The number of hydrogen-bond acceptors (Lipinski definition) is 7. The molecule has 0 fully saturated rings. The topological polar surface area (TPSA) is 91.8 Å². The Balaban J connectivity index is 1.30. The highest BCUT2D eigenvalue weighted by atomic mass is 79.9. The molecule has 2 amide bonds. The zero-order chi connectivity index (χ0) is 22.7. The average Bonchev–Trinajstić information content (AvgIpc) is 3.33.